The molecule has 15 heavy (non-hydrogen) atoms. The molecule has 0 aliphatic carbocycles. The maximum absolute atomic E-state index is 10.7. The van der Waals surface area contributed by atoms with Crippen molar-refractivity contribution in [3.05, 3.63) is 0 Å². The van der Waals surface area contributed by atoms with Gasteiger partial charge in [0.15, 0.2) is 6.10 Å². The van der Waals surface area contributed by atoms with Crippen LogP contribution >= 0.6 is 12.6 Å². The smallest absolute Gasteiger partial charge is 0.332 e. The van der Waals surface area contributed by atoms with Crippen molar-refractivity contribution in [2.24, 2.45) is 0 Å². The Labute approximate surface area is 93.8 Å². The SMILES string of the molecule is CCCC(S)OC(CCC(=O)O)C(=O)O. The molecule has 0 saturated carbocycles. The maximum Gasteiger partial charge on any atom is 0.332 e. The fourth-order valence-corrected chi connectivity index (χ4v) is 1.41. The van der Waals surface area contributed by atoms with E-state index in [2.05, 4.69) is 12.6 Å². The second-order valence-electron chi connectivity index (χ2n) is 3.14. The Hall–Kier alpha value is -0.750. The minimum Gasteiger partial charge on any atom is -0.481 e. The molecule has 0 aliphatic heterocycles. The second-order valence-corrected chi connectivity index (χ2v) is 3.71. The monoisotopic (exact) mass is 236 g/mol. The van der Waals surface area contributed by atoms with Crippen LogP contribution in [-0.2, 0) is 14.3 Å². The fraction of sp³-hybridized carbons (Fsp3) is 0.778. The van der Waals surface area contributed by atoms with E-state index in [1.54, 1.807) is 0 Å². The molecule has 0 aliphatic rings. The van der Waals surface area contributed by atoms with Crippen molar-refractivity contribution in [1.29, 1.82) is 0 Å². The van der Waals surface area contributed by atoms with Crippen LogP contribution in [0.25, 0.3) is 0 Å². The normalized spacial score (nSPS) is 14.5. The van der Waals surface area contributed by atoms with Gasteiger partial charge in [-0.25, -0.2) is 4.79 Å². The van der Waals surface area contributed by atoms with Crippen LogP contribution in [-0.4, -0.2) is 33.7 Å². The number of aliphatic carboxylic acids is 2. The summed E-state index contributed by atoms with van der Waals surface area (Å²) in [6.45, 7) is 1.93. The molecule has 0 amide bonds. The van der Waals surface area contributed by atoms with Crippen LogP contribution in [0.5, 0.6) is 0 Å². The van der Waals surface area contributed by atoms with Gasteiger partial charge < -0.3 is 14.9 Å². The van der Waals surface area contributed by atoms with Crippen molar-refractivity contribution in [2.75, 3.05) is 0 Å². The summed E-state index contributed by atoms with van der Waals surface area (Å²) < 4.78 is 5.10. The number of carbonyl (C=O) groups is 2. The van der Waals surface area contributed by atoms with Gasteiger partial charge in [0.05, 0.1) is 0 Å². The van der Waals surface area contributed by atoms with Gasteiger partial charge in [-0.1, -0.05) is 13.3 Å². The van der Waals surface area contributed by atoms with Gasteiger partial charge in [-0.05, 0) is 12.8 Å². The van der Waals surface area contributed by atoms with Gasteiger partial charge in [-0.3, -0.25) is 4.79 Å². The highest BCUT2D eigenvalue weighted by Gasteiger charge is 2.21. The van der Waals surface area contributed by atoms with E-state index in [0.717, 1.165) is 6.42 Å². The van der Waals surface area contributed by atoms with E-state index in [9.17, 15) is 9.59 Å². The van der Waals surface area contributed by atoms with Gasteiger partial charge in [0.1, 0.15) is 5.44 Å². The standard InChI is InChI=1S/C9H16O5S/c1-2-3-8(15)14-6(9(12)13)4-5-7(10)11/h6,8,15H,2-5H2,1H3,(H,10,11)(H,12,13). The Balaban J connectivity index is 4.04. The van der Waals surface area contributed by atoms with Crippen molar-refractivity contribution in [3.8, 4) is 0 Å². The molecule has 0 heterocycles. The molecule has 0 radical (unpaired) electrons. The minimum atomic E-state index is -1.15. The zero-order chi connectivity index (χ0) is 11.8. The summed E-state index contributed by atoms with van der Waals surface area (Å²) >= 11 is 4.06. The van der Waals surface area contributed by atoms with Crippen LogP contribution in [0.3, 0.4) is 0 Å². The number of rotatable bonds is 8. The molecule has 0 fully saturated rings. The first-order chi connectivity index (χ1) is 6.97. The molecule has 5 nitrogen and oxygen atoms in total. The van der Waals surface area contributed by atoms with Crippen LogP contribution in [0, 0.1) is 0 Å². The van der Waals surface area contributed by atoms with Crippen LogP contribution in [0.1, 0.15) is 32.6 Å². The number of thiol groups is 1. The van der Waals surface area contributed by atoms with Crippen LogP contribution in [0.15, 0.2) is 0 Å². The molecule has 0 aromatic rings. The second kappa shape index (κ2) is 7.53. The lowest BCUT2D eigenvalue weighted by Crippen LogP contribution is -2.28. The first kappa shape index (κ1) is 14.2. The summed E-state index contributed by atoms with van der Waals surface area (Å²) in [5.41, 5.74) is -0.454. The summed E-state index contributed by atoms with van der Waals surface area (Å²) in [4.78, 5) is 21.0. The molecular formula is C9H16O5S. The molecule has 0 bridgehead atoms. The van der Waals surface area contributed by atoms with E-state index >= 15 is 0 Å². The van der Waals surface area contributed by atoms with Crippen molar-refractivity contribution >= 4 is 24.6 Å². The summed E-state index contributed by atoms with van der Waals surface area (Å²) in [6.07, 6.45) is 0.129. The topological polar surface area (TPSA) is 83.8 Å². The van der Waals surface area contributed by atoms with E-state index in [-0.39, 0.29) is 12.8 Å². The van der Waals surface area contributed by atoms with Crippen molar-refractivity contribution in [2.45, 2.75) is 44.1 Å². The largest absolute Gasteiger partial charge is 0.481 e. The van der Waals surface area contributed by atoms with Gasteiger partial charge in [0.25, 0.3) is 0 Å². The Kier molecular flexibility index (Phi) is 7.15. The van der Waals surface area contributed by atoms with Crippen molar-refractivity contribution in [1.82, 2.24) is 0 Å². The van der Waals surface area contributed by atoms with E-state index in [1.807, 2.05) is 6.92 Å². The van der Waals surface area contributed by atoms with Gasteiger partial charge in [-0.2, -0.15) is 0 Å². The Morgan fingerprint density at radius 2 is 1.93 bits per heavy atom. The number of hydrogen-bond acceptors (Lipinski definition) is 4. The predicted octanol–water partition coefficient (Wildman–Crippen LogP) is 1.38. The van der Waals surface area contributed by atoms with Gasteiger partial charge >= 0.3 is 11.9 Å². The first-order valence-electron chi connectivity index (χ1n) is 4.75. The zero-order valence-electron chi connectivity index (χ0n) is 8.55. The summed E-state index contributed by atoms with van der Waals surface area (Å²) in [7, 11) is 0. The van der Waals surface area contributed by atoms with Crippen molar-refractivity contribution in [3.63, 3.8) is 0 Å². The molecule has 2 unspecified atom stereocenters. The van der Waals surface area contributed by atoms with E-state index in [0.29, 0.717) is 6.42 Å². The first-order valence-corrected chi connectivity index (χ1v) is 5.27. The van der Waals surface area contributed by atoms with Crippen LogP contribution < -0.4 is 0 Å². The van der Waals surface area contributed by atoms with E-state index < -0.39 is 23.5 Å². The molecule has 0 spiro atoms. The number of ether oxygens (including phenoxy) is 1. The summed E-state index contributed by atoms with van der Waals surface area (Å²) in [5.74, 6) is -2.18. The minimum absolute atomic E-state index is 0.0363. The molecule has 0 aromatic heterocycles. The number of carboxylic acid groups (broad SMARTS) is 2. The number of carboxylic acids is 2. The summed E-state index contributed by atoms with van der Waals surface area (Å²) in [5, 5.41) is 17.2. The third-order valence-electron chi connectivity index (χ3n) is 1.75. The molecule has 0 aromatic carbocycles. The highest BCUT2D eigenvalue weighted by atomic mass is 32.1. The van der Waals surface area contributed by atoms with Gasteiger partial charge in [0, 0.05) is 6.42 Å². The Morgan fingerprint density at radius 3 is 2.33 bits per heavy atom. The summed E-state index contributed by atoms with van der Waals surface area (Å²) in [6, 6.07) is 0. The molecule has 0 rings (SSSR count). The van der Waals surface area contributed by atoms with E-state index in [4.69, 9.17) is 14.9 Å². The van der Waals surface area contributed by atoms with Gasteiger partial charge in [0.2, 0.25) is 0 Å². The van der Waals surface area contributed by atoms with Crippen LogP contribution in [0.2, 0.25) is 0 Å². The quantitative estimate of drug-likeness (QED) is 0.438. The molecule has 2 N–H and O–H groups in total. The highest BCUT2D eigenvalue weighted by Crippen LogP contribution is 2.13. The third-order valence-corrected chi connectivity index (χ3v) is 2.13. The highest BCUT2D eigenvalue weighted by molar-refractivity contribution is 7.80. The molecule has 0 saturated heterocycles. The molecular weight excluding hydrogens is 220 g/mol. The Bertz CT molecular complexity index is 219. The average Bonchev–Trinajstić information content (AvgIpc) is 2.11. The van der Waals surface area contributed by atoms with Crippen molar-refractivity contribution < 1.29 is 24.5 Å². The lowest BCUT2D eigenvalue weighted by atomic mass is 10.2. The zero-order valence-corrected chi connectivity index (χ0v) is 9.44. The predicted molar refractivity (Wildman–Crippen MR) is 57.1 cm³/mol. The average molecular weight is 236 g/mol. The van der Waals surface area contributed by atoms with Gasteiger partial charge in [-0.15, -0.1) is 12.6 Å². The molecule has 88 valence electrons. The number of hydrogen-bond donors (Lipinski definition) is 3. The lowest BCUT2D eigenvalue weighted by Gasteiger charge is -2.17. The van der Waals surface area contributed by atoms with Crippen LogP contribution in [0.4, 0.5) is 0 Å². The Morgan fingerprint density at radius 1 is 1.33 bits per heavy atom. The molecule has 2 atom stereocenters. The maximum atomic E-state index is 10.7. The fourth-order valence-electron chi connectivity index (χ4n) is 1.01. The van der Waals surface area contributed by atoms with E-state index in [1.165, 1.54) is 0 Å². The molecule has 6 heteroatoms. The third kappa shape index (κ3) is 7.21. The lowest BCUT2D eigenvalue weighted by molar-refractivity contribution is -0.152.